The molecule has 1 aliphatic rings. The number of aryl methyl sites for hydroxylation is 1. The van der Waals surface area contributed by atoms with Crippen LogP contribution in [0.15, 0.2) is 41.2 Å². The lowest BCUT2D eigenvalue weighted by Crippen LogP contribution is -2.30. The standard InChI is InChI=1S/C18H17N3OS2/c1-12-17(24-11-19-12)18(22)20-14-4-2-3-5-15(14)21-8-6-16-13(10-21)7-9-23-16/h2-5,7,9,11H,6,8,10H2,1H3,(H,20,22). The van der Waals surface area contributed by atoms with Crippen LogP contribution in [-0.4, -0.2) is 17.4 Å². The van der Waals surface area contributed by atoms with Gasteiger partial charge in [0.05, 0.1) is 22.6 Å². The Labute approximate surface area is 148 Å². The summed E-state index contributed by atoms with van der Waals surface area (Å²) in [5.74, 6) is -0.0873. The van der Waals surface area contributed by atoms with E-state index in [9.17, 15) is 4.79 Å². The summed E-state index contributed by atoms with van der Waals surface area (Å²) < 4.78 is 0. The van der Waals surface area contributed by atoms with Crippen LogP contribution in [0.4, 0.5) is 11.4 Å². The maximum Gasteiger partial charge on any atom is 0.267 e. The number of carbonyl (C=O) groups excluding carboxylic acids is 1. The SMILES string of the molecule is Cc1ncsc1C(=O)Nc1ccccc1N1CCc2sccc2C1. The average molecular weight is 355 g/mol. The first-order valence-electron chi connectivity index (χ1n) is 7.83. The molecule has 2 aromatic heterocycles. The Hall–Kier alpha value is -2.18. The van der Waals surface area contributed by atoms with Crippen LogP contribution in [0.5, 0.6) is 0 Å². The highest BCUT2D eigenvalue weighted by molar-refractivity contribution is 7.12. The Kier molecular flexibility index (Phi) is 4.08. The van der Waals surface area contributed by atoms with Crippen LogP contribution in [0.3, 0.4) is 0 Å². The van der Waals surface area contributed by atoms with Gasteiger partial charge < -0.3 is 10.2 Å². The van der Waals surface area contributed by atoms with Gasteiger partial charge in [0.25, 0.3) is 5.91 Å². The number of amides is 1. The number of thiazole rings is 1. The molecule has 0 saturated carbocycles. The van der Waals surface area contributed by atoms with Crippen LogP contribution >= 0.6 is 22.7 Å². The summed E-state index contributed by atoms with van der Waals surface area (Å²) in [5.41, 5.74) is 5.80. The van der Waals surface area contributed by atoms with E-state index >= 15 is 0 Å². The highest BCUT2D eigenvalue weighted by atomic mass is 32.1. The predicted molar refractivity (Wildman–Crippen MR) is 100 cm³/mol. The predicted octanol–water partition coefficient (Wildman–Crippen LogP) is 4.33. The number of para-hydroxylation sites is 2. The summed E-state index contributed by atoms with van der Waals surface area (Å²) in [7, 11) is 0. The molecule has 1 aliphatic heterocycles. The lowest BCUT2D eigenvalue weighted by molar-refractivity contribution is 0.103. The molecule has 0 bridgehead atoms. The van der Waals surface area contributed by atoms with Crippen molar-refractivity contribution in [2.75, 3.05) is 16.8 Å². The van der Waals surface area contributed by atoms with Crippen molar-refractivity contribution in [1.29, 1.82) is 0 Å². The van der Waals surface area contributed by atoms with Gasteiger partial charge in [0.1, 0.15) is 4.88 Å². The Morgan fingerprint density at radius 2 is 2.12 bits per heavy atom. The molecule has 4 rings (SSSR count). The number of hydrogen-bond acceptors (Lipinski definition) is 5. The molecule has 0 saturated heterocycles. The topological polar surface area (TPSA) is 45.2 Å². The van der Waals surface area contributed by atoms with E-state index in [0.717, 1.165) is 36.6 Å². The molecule has 3 aromatic rings. The summed E-state index contributed by atoms with van der Waals surface area (Å²) in [6.45, 7) is 3.73. The van der Waals surface area contributed by atoms with Gasteiger partial charge in [0.15, 0.2) is 0 Å². The first-order valence-corrected chi connectivity index (χ1v) is 9.59. The van der Waals surface area contributed by atoms with Crippen LogP contribution in [0, 0.1) is 6.92 Å². The monoisotopic (exact) mass is 355 g/mol. The molecule has 1 N–H and O–H groups in total. The molecule has 0 radical (unpaired) electrons. The van der Waals surface area contributed by atoms with Crippen molar-refractivity contribution in [1.82, 2.24) is 4.98 Å². The zero-order valence-electron chi connectivity index (χ0n) is 13.3. The van der Waals surface area contributed by atoms with Crippen LogP contribution in [0.25, 0.3) is 0 Å². The zero-order chi connectivity index (χ0) is 16.5. The Morgan fingerprint density at radius 3 is 2.96 bits per heavy atom. The van der Waals surface area contributed by atoms with Crippen molar-refractivity contribution in [3.63, 3.8) is 0 Å². The lowest BCUT2D eigenvalue weighted by Gasteiger charge is -2.30. The molecular weight excluding hydrogens is 338 g/mol. The van der Waals surface area contributed by atoms with Gasteiger partial charge in [0, 0.05) is 18.0 Å². The van der Waals surface area contributed by atoms with Gasteiger partial charge in [-0.25, -0.2) is 4.98 Å². The van der Waals surface area contributed by atoms with E-state index in [0.29, 0.717) is 4.88 Å². The lowest BCUT2D eigenvalue weighted by atomic mass is 10.1. The minimum atomic E-state index is -0.0873. The maximum atomic E-state index is 12.5. The second kappa shape index (κ2) is 6.37. The molecule has 0 spiro atoms. The quantitative estimate of drug-likeness (QED) is 0.761. The Balaban J connectivity index is 1.60. The van der Waals surface area contributed by atoms with Crippen LogP contribution < -0.4 is 10.2 Å². The number of carbonyl (C=O) groups is 1. The van der Waals surface area contributed by atoms with E-state index in [-0.39, 0.29) is 5.91 Å². The first kappa shape index (κ1) is 15.4. The third-order valence-corrected chi connectivity index (χ3v) is 6.20. The molecule has 4 nitrogen and oxygen atoms in total. The summed E-state index contributed by atoms with van der Waals surface area (Å²) in [4.78, 5) is 21.2. The number of nitrogens with one attached hydrogen (secondary N) is 1. The summed E-state index contributed by atoms with van der Waals surface area (Å²) in [6.07, 6.45) is 1.06. The third kappa shape index (κ3) is 2.83. The fourth-order valence-electron chi connectivity index (χ4n) is 3.01. The normalized spacial score (nSPS) is 13.6. The maximum absolute atomic E-state index is 12.5. The molecule has 3 heterocycles. The number of nitrogens with zero attached hydrogens (tertiary/aromatic N) is 2. The smallest absolute Gasteiger partial charge is 0.267 e. The van der Waals surface area contributed by atoms with Gasteiger partial charge in [-0.15, -0.1) is 22.7 Å². The fourth-order valence-corrected chi connectivity index (χ4v) is 4.60. The molecule has 1 amide bonds. The van der Waals surface area contributed by atoms with Crippen molar-refractivity contribution < 1.29 is 4.79 Å². The molecule has 0 unspecified atom stereocenters. The van der Waals surface area contributed by atoms with E-state index in [1.165, 1.54) is 21.8 Å². The van der Waals surface area contributed by atoms with Crippen molar-refractivity contribution in [2.45, 2.75) is 19.9 Å². The molecular formula is C18H17N3OS2. The molecule has 0 aliphatic carbocycles. The Bertz CT molecular complexity index is 884. The summed E-state index contributed by atoms with van der Waals surface area (Å²) in [6, 6.07) is 10.2. The van der Waals surface area contributed by atoms with E-state index < -0.39 is 0 Å². The van der Waals surface area contributed by atoms with Crippen molar-refractivity contribution in [3.8, 4) is 0 Å². The number of hydrogen-bond donors (Lipinski definition) is 1. The third-order valence-electron chi connectivity index (χ3n) is 4.25. The molecule has 6 heteroatoms. The molecule has 0 atom stereocenters. The number of aromatic nitrogens is 1. The largest absolute Gasteiger partial charge is 0.365 e. The van der Waals surface area contributed by atoms with Gasteiger partial charge in [-0.05, 0) is 42.5 Å². The number of anilines is 2. The summed E-state index contributed by atoms with van der Waals surface area (Å²) >= 11 is 3.21. The zero-order valence-corrected chi connectivity index (χ0v) is 14.9. The number of benzene rings is 1. The highest BCUT2D eigenvalue weighted by Crippen LogP contribution is 2.32. The molecule has 0 fully saturated rings. The van der Waals surface area contributed by atoms with E-state index in [1.807, 2.05) is 36.5 Å². The van der Waals surface area contributed by atoms with Crippen molar-refractivity contribution in [3.05, 3.63) is 62.2 Å². The van der Waals surface area contributed by atoms with Gasteiger partial charge in [0.2, 0.25) is 0 Å². The van der Waals surface area contributed by atoms with E-state index in [2.05, 4.69) is 32.7 Å². The second-order valence-electron chi connectivity index (χ2n) is 5.78. The Morgan fingerprint density at radius 1 is 1.25 bits per heavy atom. The van der Waals surface area contributed by atoms with Crippen LogP contribution in [-0.2, 0) is 13.0 Å². The fraction of sp³-hybridized carbons (Fsp3) is 0.222. The van der Waals surface area contributed by atoms with Gasteiger partial charge in [-0.1, -0.05) is 12.1 Å². The van der Waals surface area contributed by atoms with Crippen molar-refractivity contribution in [2.24, 2.45) is 0 Å². The van der Waals surface area contributed by atoms with Crippen molar-refractivity contribution >= 4 is 40.0 Å². The molecule has 24 heavy (non-hydrogen) atoms. The van der Waals surface area contributed by atoms with E-state index in [1.54, 1.807) is 5.51 Å². The minimum Gasteiger partial charge on any atom is -0.365 e. The van der Waals surface area contributed by atoms with Crippen LogP contribution in [0.2, 0.25) is 0 Å². The number of fused-ring (bicyclic) bond motifs is 1. The second-order valence-corrected chi connectivity index (χ2v) is 7.63. The highest BCUT2D eigenvalue weighted by Gasteiger charge is 2.21. The minimum absolute atomic E-state index is 0.0873. The van der Waals surface area contributed by atoms with Crippen LogP contribution in [0.1, 0.15) is 25.8 Å². The molecule has 122 valence electrons. The van der Waals surface area contributed by atoms with E-state index in [4.69, 9.17) is 0 Å². The average Bonchev–Trinajstić information content (AvgIpc) is 3.23. The number of rotatable bonds is 3. The first-order chi connectivity index (χ1) is 11.7. The van der Waals surface area contributed by atoms with Gasteiger partial charge in [-0.3, -0.25) is 4.79 Å². The summed E-state index contributed by atoms with van der Waals surface area (Å²) in [5, 5.41) is 5.22. The number of thiophene rings is 1. The van der Waals surface area contributed by atoms with Gasteiger partial charge in [-0.2, -0.15) is 0 Å². The van der Waals surface area contributed by atoms with Gasteiger partial charge >= 0.3 is 0 Å². The molecule has 1 aromatic carbocycles.